The SMILES string of the molecule is CCCCCCCCCCCCC/C=C/[C@@H](O)[C@H](COC1OC(COP(=O)(O)OCC[N+](C)(C)C)C(O)C(O)C1O)NC(=O)CCCCCCCCCCCCCCCC. The zero-order valence-electron chi connectivity index (χ0n) is 38.7. The molecule has 6 unspecified atom stereocenters. The molecule has 0 radical (unpaired) electrons. The van der Waals surface area contributed by atoms with Gasteiger partial charge >= 0.3 is 7.82 Å². The number of amides is 1. The van der Waals surface area contributed by atoms with Crippen LogP contribution in [0.15, 0.2) is 12.2 Å². The molecule has 1 heterocycles. The lowest BCUT2D eigenvalue weighted by Gasteiger charge is -2.40. The third kappa shape index (κ3) is 30.2. The minimum atomic E-state index is -4.52. The average molecular weight is 880 g/mol. The van der Waals surface area contributed by atoms with Gasteiger partial charge in [0.05, 0.1) is 46.5 Å². The summed E-state index contributed by atoms with van der Waals surface area (Å²) in [4.78, 5) is 23.3. The summed E-state index contributed by atoms with van der Waals surface area (Å²) in [5.41, 5.74) is 0. The molecule has 1 rings (SSSR count). The highest BCUT2D eigenvalue weighted by atomic mass is 31.2. The summed E-state index contributed by atoms with van der Waals surface area (Å²) in [6, 6.07) is -0.889. The number of unbranched alkanes of at least 4 members (excludes halogenated alkanes) is 24. The number of phosphoric acid groups is 1. The Kier molecular flexibility index (Phi) is 33.7. The lowest BCUT2D eigenvalue weighted by Crippen LogP contribution is -2.60. The third-order valence-corrected chi connectivity index (χ3v) is 12.3. The molecule has 1 aliphatic rings. The van der Waals surface area contributed by atoms with E-state index in [1.807, 2.05) is 27.2 Å². The number of allylic oxidation sites excluding steroid dienone is 1. The Morgan fingerprint density at radius 3 is 1.65 bits per heavy atom. The van der Waals surface area contributed by atoms with Gasteiger partial charge in [0.15, 0.2) is 6.29 Å². The maximum Gasteiger partial charge on any atom is 0.472 e. The molecule has 60 heavy (non-hydrogen) atoms. The van der Waals surface area contributed by atoms with Crippen molar-refractivity contribution in [2.75, 3.05) is 47.5 Å². The smallest absolute Gasteiger partial charge is 0.387 e. The van der Waals surface area contributed by atoms with Crippen LogP contribution in [0.3, 0.4) is 0 Å². The zero-order chi connectivity index (χ0) is 44.5. The number of ether oxygens (including phenoxy) is 2. The molecule has 0 aromatic carbocycles. The van der Waals surface area contributed by atoms with Crippen LogP contribution >= 0.6 is 7.82 Å². The molecule has 0 bridgehead atoms. The molecule has 13 nitrogen and oxygen atoms in total. The second-order valence-electron chi connectivity index (χ2n) is 18.2. The predicted molar refractivity (Wildman–Crippen MR) is 240 cm³/mol. The van der Waals surface area contributed by atoms with Crippen molar-refractivity contribution in [3.8, 4) is 0 Å². The molecule has 8 atom stereocenters. The number of hydrogen-bond donors (Lipinski definition) is 6. The second kappa shape index (κ2) is 35.4. The number of hydrogen-bond acceptors (Lipinski definition) is 10. The minimum Gasteiger partial charge on any atom is -0.387 e. The first-order chi connectivity index (χ1) is 28.7. The van der Waals surface area contributed by atoms with Gasteiger partial charge in [-0.25, -0.2) is 4.57 Å². The molecule has 1 aliphatic heterocycles. The molecule has 14 heteroatoms. The molecule has 0 aromatic rings. The standard InChI is InChI=1S/C46H91N2O11P/c1-6-8-10-12-14-16-18-20-22-24-26-28-30-32-34-42(50)47-39(40(49)33-31-29-27-25-23-21-19-17-15-13-11-9-7-2)37-56-46-45(53)44(52)43(51)41(59-46)38-58-60(54,55)57-36-35-48(3,4)5/h31,33,39-41,43-46,49,51-53H,6-30,32,34-38H2,1-5H3,(H-,47,50,54,55)/p+1/b33-31+/t39-,40+,41?,43?,44?,45?,46?/m0/s1. The van der Waals surface area contributed by atoms with Crippen molar-refractivity contribution in [2.45, 2.75) is 230 Å². The van der Waals surface area contributed by atoms with Crippen molar-refractivity contribution >= 4 is 13.7 Å². The van der Waals surface area contributed by atoms with E-state index in [1.54, 1.807) is 6.08 Å². The molecule has 0 aliphatic carbocycles. The number of quaternary nitrogens is 1. The first kappa shape index (κ1) is 57.1. The van der Waals surface area contributed by atoms with Crippen LogP contribution in [0, 0.1) is 0 Å². The Morgan fingerprint density at radius 2 is 1.17 bits per heavy atom. The van der Waals surface area contributed by atoms with Crippen LogP contribution in [0.25, 0.3) is 0 Å². The van der Waals surface area contributed by atoms with E-state index < -0.39 is 57.3 Å². The Labute approximate surface area is 365 Å². The maximum absolute atomic E-state index is 13.1. The second-order valence-corrected chi connectivity index (χ2v) is 19.7. The van der Waals surface area contributed by atoms with E-state index in [0.29, 0.717) is 17.4 Å². The largest absolute Gasteiger partial charge is 0.472 e. The lowest BCUT2D eigenvalue weighted by molar-refractivity contribution is -0.870. The van der Waals surface area contributed by atoms with Crippen molar-refractivity contribution in [1.82, 2.24) is 5.32 Å². The van der Waals surface area contributed by atoms with Crippen molar-refractivity contribution in [1.29, 1.82) is 0 Å². The zero-order valence-corrected chi connectivity index (χ0v) is 39.6. The number of nitrogens with one attached hydrogen (secondary N) is 1. The quantitative estimate of drug-likeness (QED) is 0.0150. The van der Waals surface area contributed by atoms with Crippen LogP contribution in [0.1, 0.15) is 187 Å². The van der Waals surface area contributed by atoms with E-state index >= 15 is 0 Å². The van der Waals surface area contributed by atoms with Crippen LogP contribution in [0.2, 0.25) is 0 Å². The van der Waals surface area contributed by atoms with E-state index in [-0.39, 0.29) is 19.1 Å². The van der Waals surface area contributed by atoms with Gasteiger partial charge in [0.25, 0.3) is 0 Å². The number of rotatable bonds is 40. The topological polar surface area (TPSA) is 184 Å². The van der Waals surface area contributed by atoms with Gasteiger partial charge in [0, 0.05) is 6.42 Å². The number of likely N-dealkylation sites (N-methyl/N-ethyl adjacent to an activating group) is 1. The van der Waals surface area contributed by atoms with E-state index in [1.165, 1.54) is 122 Å². The van der Waals surface area contributed by atoms with Crippen LogP contribution in [0.5, 0.6) is 0 Å². The number of nitrogens with zero attached hydrogens (tertiary/aromatic N) is 1. The summed E-state index contributed by atoms with van der Waals surface area (Å²) in [7, 11) is 1.18. The van der Waals surface area contributed by atoms with Crippen molar-refractivity contribution in [3.63, 3.8) is 0 Å². The van der Waals surface area contributed by atoms with Crippen molar-refractivity contribution in [3.05, 3.63) is 12.2 Å². The number of carbonyl (C=O) groups excluding carboxylic acids is 1. The van der Waals surface area contributed by atoms with Gasteiger partial charge in [-0.3, -0.25) is 13.8 Å². The molecule has 0 saturated carbocycles. The first-order valence-electron chi connectivity index (χ1n) is 24.1. The number of aliphatic hydroxyl groups is 4. The van der Waals surface area contributed by atoms with E-state index in [2.05, 4.69) is 19.2 Å². The average Bonchev–Trinajstić information content (AvgIpc) is 3.20. The van der Waals surface area contributed by atoms with E-state index in [9.17, 15) is 34.7 Å². The fourth-order valence-corrected chi connectivity index (χ4v) is 8.03. The highest BCUT2D eigenvalue weighted by Crippen LogP contribution is 2.43. The minimum absolute atomic E-state index is 0.0545. The number of carbonyl (C=O) groups is 1. The normalized spacial score (nSPS) is 21.9. The summed E-state index contributed by atoms with van der Waals surface area (Å²) >= 11 is 0. The fourth-order valence-electron chi connectivity index (χ4n) is 7.31. The van der Waals surface area contributed by atoms with Gasteiger partial charge in [-0.2, -0.15) is 0 Å². The van der Waals surface area contributed by atoms with Gasteiger partial charge in [0.2, 0.25) is 5.91 Å². The van der Waals surface area contributed by atoms with Crippen LogP contribution < -0.4 is 5.32 Å². The molecular formula is C46H92N2O11P+. The Balaban J connectivity index is 2.66. The maximum atomic E-state index is 13.1. The summed E-state index contributed by atoms with van der Waals surface area (Å²) in [6.45, 7) is 3.96. The first-order valence-corrected chi connectivity index (χ1v) is 25.6. The molecule has 356 valence electrons. The summed E-state index contributed by atoms with van der Waals surface area (Å²) in [5.74, 6) is -0.226. The van der Waals surface area contributed by atoms with E-state index in [4.69, 9.17) is 18.5 Å². The van der Waals surface area contributed by atoms with Crippen molar-refractivity contribution in [2.24, 2.45) is 0 Å². The van der Waals surface area contributed by atoms with Gasteiger partial charge in [-0.05, 0) is 19.3 Å². The van der Waals surface area contributed by atoms with Gasteiger partial charge in [0.1, 0.15) is 37.6 Å². The Hall–Kier alpha value is -0.960. The number of phosphoric ester groups is 1. The predicted octanol–water partition coefficient (Wildman–Crippen LogP) is 8.62. The van der Waals surface area contributed by atoms with Crippen LogP contribution in [0.4, 0.5) is 0 Å². The Morgan fingerprint density at radius 1 is 0.700 bits per heavy atom. The van der Waals surface area contributed by atoms with Crippen molar-refractivity contribution < 1.29 is 57.7 Å². The van der Waals surface area contributed by atoms with Gasteiger partial charge < -0.3 is 44.6 Å². The molecule has 1 fully saturated rings. The van der Waals surface area contributed by atoms with Crippen LogP contribution in [-0.4, -0.2) is 126 Å². The van der Waals surface area contributed by atoms with Crippen LogP contribution in [-0.2, 0) is 27.9 Å². The van der Waals surface area contributed by atoms with E-state index in [0.717, 1.165) is 44.9 Å². The molecular weight excluding hydrogens is 787 g/mol. The summed E-state index contributed by atoms with van der Waals surface area (Å²) in [6.07, 6.45) is 26.4. The highest BCUT2D eigenvalue weighted by molar-refractivity contribution is 7.47. The molecule has 0 spiro atoms. The lowest BCUT2D eigenvalue weighted by atomic mass is 9.99. The van der Waals surface area contributed by atoms with Gasteiger partial charge in [-0.1, -0.05) is 174 Å². The monoisotopic (exact) mass is 880 g/mol. The fraction of sp³-hybridized carbons (Fsp3) is 0.935. The summed E-state index contributed by atoms with van der Waals surface area (Å²) < 4.78 is 34.6. The molecule has 0 aromatic heterocycles. The third-order valence-electron chi connectivity index (χ3n) is 11.4. The molecule has 1 saturated heterocycles. The van der Waals surface area contributed by atoms with Gasteiger partial charge in [-0.15, -0.1) is 0 Å². The molecule has 6 N–H and O–H groups in total. The number of aliphatic hydroxyl groups excluding tert-OH is 4. The molecule has 1 amide bonds. The summed E-state index contributed by atoms with van der Waals surface area (Å²) in [5, 5.41) is 46.0. The highest BCUT2D eigenvalue weighted by Gasteiger charge is 2.45. The Bertz CT molecular complexity index is 1110.